The summed E-state index contributed by atoms with van der Waals surface area (Å²) in [4.78, 5) is 26.8. The summed E-state index contributed by atoms with van der Waals surface area (Å²) in [5, 5.41) is 7.79. The zero-order chi connectivity index (χ0) is 17.8. The van der Waals surface area contributed by atoms with E-state index < -0.39 is 11.8 Å². The number of benzene rings is 2. The van der Waals surface area contributed by atoms with Gasteiger partial charge in [0.15, 0.2) is 0 Å². The number of hydrogen-bond acceptors (Lipinski definition) is 3. The summed E-state index contributed by atoms with van der Waals surface area (Å²) in [7, 11) is 0. The molecule has 0 spiro atoms. The third-order valence-electron chi connectivity index (χ3n) is 3.37. The van der Waals surface area contributed by atoms with Crippen LogP contribution < -0.4 is 10.7 Å². The molecule has 25 heavy (non-hydrogen) atoms. The Morgan fingerprint density at radius 1 is 1.08 bits per heavy atom. The first kappa shape index (κ1) is 17.0. The molecule has 2 amide bonds. The number of H-pyrrole nitrogens is 1. The van der Waals surface area contributed by atoms with E-state index in [0.717, 1.165) is 16.5 Å². The minimum Gasteiger partial charge on any atom is -0.361 e. The molecule has 0 saturated heterocycles. The van der Waals surface area contributed by atoms with Crippen LogP contribution in [-0.4, -0.2) is 23.0 Å². The summed E-state index contributed by atoms with van der Waals surface area (Å²) in [6.07, 6.45) is 3.21. The molecule has 0 atom stereocenters. The Kier molecular flexibility index (Phi) is 5.02. The predicted octanol–water partition coefficient (Wildman–Crippen LogP) is 3.56. The van der Waals surface area contributed by atoms with Gasteiger partial charge in [0.25, 0.3) is 0 Å². The van der Waals surface area contributed by atoms with E-state index in [0.29, 0.717) is 5.02 Å². The fourth-order valence-electron chi connectivity index (χ4n) is 2.18. The first-order valence-corrected chi connectivity index (χ1v) is 7.96. The molecule has 0 aliphatic carbocycles. The number of hydrogen-bond donors (Lipinski definition) is 3. The number of halogens is 2. The minimum atomic E-state index is -0.924. The third-order valence-corrected chi connectivity index (χ3v) is 3.94. The average molecular weight is 375 g/mol. The normalized spacial score (nSPS) is 11.0. The van der Waals surface area contributed by atoms with Crippen LogP contribution in [0.2, 0.25) is 10.0 Å². The highest BCUT2D eigenvalue weighted by atomic mass is 35.5. The highest BCUT2D eigenvalue weighted by Crippen LogP contribution is 2.25. The Morgan fingerprint density at radius 2 is 1.88 bits per heavy atom. The van der Waals surface area contributed by atoms with Gasteiger partial charge in [-0.15, -0.1) is 0 Å². The van der Waals surface area contributed by atoms with Gasteiger partial charge in [-0.05, 0) is 24.3 Å². The largest absolute Gasteiger partial charge is 0.361 e. The Balaban J connectivity index is 1.64. The van der Waals surface area contributed by atoms with Gasteiger partial charge in [-0.25, -0.2) is 5.43 Å². The van der Waals surface area contributed by atoms with Crippen LogP contribution in [0.25, 0.3) is 10.9 Å². The maximum absolute atomic E-state index is 11.9. The van der Waals surface area contributed by atoms with Crippen molar-refractivity contribution in [3.05, 3.63) is 64.3 Å². The molecule has 0 bridgehead atoms. The van der Waals surface area contributed by atoms with Crippen LogP contribution in [0.4, 0.5) is 5.69 Å². The van der Waals surface area contributed by atoms with E-state index in [1.807, 2.05) is 24.3 Å². The monoisotopic (exact) mass is 374 g/mol. The molecule has 1 heterocycles. The van der Waals surface area contributed by atoms with Crippen molar-refractivity contribution in [3.63, 3.8) is 0 Å². The molecular weight excluding hydrogens is 363 g/mol. The van der Waals surface area contributed by atoms with Crippen molar-refractivity contribution in [2.24, 2.45) is 5.10 Å². The number of aromatic amines is 1. The number of nitrogens with one attached hydrogen (secondary N) is 3. The molecule has 0 unspecified atom stereocenters. The fourth-order valence-corrected chi connectivity index (χ4v) is 2.52. The molecule has 3 aromatic rings. The van der Waals surface area contributed by atoms with Crippen LogP contribution in [0, 0.1) is 0 Å². The highest BCUT2D eigenvalue weighted by Gasteiger charge is 2.14. The molecular formula is C17H12Cl2N4O2. The van der Waals surface area contributed by atoms with Crippen molar-refractivity contribution in [2.75, 3.05) is 5.32 Å². The summed E-state index contributed by atoms with van der Waals surface area (Å²) in [5.41, 5.74) is 4.15. The first-order chi connectivity index (χ1) is 12.0. The molecule has 2 aromatic carbocycles. The molecule has 0 aliphatic rings. The van der Waals surface area contributed by atoms with Gasteiger partial charge in [0, 0.05) is 27.7 Å². The van der Waals surface area contributed by atoms with Gasteiger partial charge in [0.1, 0.15) is 0 Å². The van der Waals surface area contributed by atoms with E-state index in [-0.39, 0.29) is 10.7 Å². The molecule has 3 N–H and O–H groups in total. The average Bonchev–Trinajstić information content (AvgIpc) is 3.01. The van der Waals surface area contributed by atoms with Crippen molar-refractivity contribution in [1.82, 2.24) is 10.4 Å². The molecule has 0 radical (unpaired) electrons. The SMILES string of the molecule is O=C(N/N=C/c1c[nH]c2ccccc12)C(=O)Nc1cc(Cl)ccc1Cl. The lowest BCUT2D eigenvalue weighted by Gasteiger charge is -2.06. The fraction of sp³-hybridized carbons (Fsp3) is 0. The van der Waals surface area contributed by atoms with Gasteiger partial charge in [-0.3, -0.25) is 9.59 Å². The predicted molar refractivity (Wildman–Crippen MR) is 99.1 cm³/mol. The second kappa shape index (κ2) is 7.38. The summed E-state index contributed by atoms with van der Waals surface area (Å²) in [5.74, 6) is -1.83. The molecule has 1 aromatic heterocycles. The van der Waals surface area contributed by atoms with Crippen molar-refractivity contribution in [2.45, 2.75) is 0 Å². The van der Waals surface area contributed by atoms with Crippen LogP contribution in [0.3, 0.4) is 0 Å². The van der Waals surface area contributed by atoms with E-state index in [2.05, 4.69) is 20.8 Å². The molecule has 0 saturated carbocycles. The Morgan fingerprint density at radius 3 is 2.72 bits per heavy atom. The van der Waals surface area contributed by atoms with E-state index in [1.165, 1.54) is 18.3 Å². The number of amides is 2. The lowest BCUT2D eigenvalue weighted by Crippen LogP contribution is -2.32. The first-order valence-electron chi connectivity index (χ1n) is 7.20. The molecule has 126 valence electrons. The topological polar surface area (TPSA) is 86.3 Å². The number of aromatic nitrogens is 1. The number of fused-ring (bicyclic) bond motifs is 1. The van der Waals surface area contributed by atoms with Gasteiger partial charge in [0.2, 0.25) is 0 Å². The maximum Gasteiger partial charge on any atom is 0.329 e. The van der Waals surface area contributed by atoms with Crippen molar-refractivity contribution < 1.29 is 9.59 Å². The number of carbonyl (C=O) groups excluding carboxylic acids is 2. The van der Waals surface area contributed by atoms with Crippen molar-refractivity contribution in [3.8, 4) is 0 Å². The summed E-state index contributed by atoms with van der Waals surface area (Å²) >= 11 is 11.8. The minimum absolute atomic E-state index is 0.245. The van der Waals surface area contributed by atoms with Gasteiger partial charge in [0.05, 0.1) is 16.9 Å². The van der Waals surface area contributed by atoms with Crippen molar-refractivity contribution in [1.29, 1.82) is 0 Å². The second-order valence-electron chi connectivity index (χ2n) is 5.07. The number of para-hydroxylation sites is 1. The molecule has 3 rings (SSSR count). The molecule has 6 nitrogen and oxygen atoms in total. The van der Waals surface area contributed by atoms with Crippen LogP contribution >= 0.6 is 23.2 Å². The van der Waals surface area contributed by atoms with E-state index in [1.54, 1.807) is 12.3 Å². The van der Waals surface area contributed by atoms with Crippen LogP contribution in [0.15, 0.2) is 53.8 Å². The second-order valence-corrected chi connectivity index (χ2v) is 5.91. The molecule has 0 aliphatic heterocycles. The van der Waals surface area contributed by atoms with Gasteiger partial charge in [-0.2, -0.15) is 5.10 Å². The van der Waals surface area contributed by atoms with Crippen molar-refractivity contribution >= 4 is 57.8 Å². The third kappa shape index (κ3) is 3.99. The van der Waals surface area contributed by atoms with Crippen LogP contribution in [0.5, 0.6) is 0 Å². The number of carbonyl (C=O) groups is 2. The van der Waals surface area contributed by atoms with Gasteiger partial charge < -0.3 is 10.3 Å². The number of anilines is 1. The van der Waals surface area contributed by atoms with Crippen LogP contribution in [-0.2, 0) is 9.59 Å². The quantitative estimate of drug-likeness (QED) is 0.371. The van der Waals surface area contributed by atoms with E-state index in [4.69, 9.17) is 23.2 Å². The molecule has 0 fully saturated rings. The Labute approximate surface area is 152 Å². The lowest BCUT2D eigenvalue weighted by molar-refractivity contribution is -0.136. The summed E-state index contributed by atoms with van der Waals surface area (Å²) < 4.78 is 0. The Bertz CT molecular complexity index is 982. The Hall–Kier alpha value is -2.83. The maximum atomic E-state index is 11.9. The zero-order valence-corrected chi connectivity index (χ0v) is 14.2. The zero-order valence-electron chi connectivity index (χ0n) is 12.7. The van der Waals surface area contributed by atoms with E-state index in [9.17, 15) is 9.59 Å². The summed E-state index contributed by atoms with van der Waals surface area (Å²) in [6.45, 7) is 0. The number of rotatable bonds is 3. The smallest absolute Gasteiger partial charge is 0.329 e. The number of nitrogens with zero attached hydrogens (tertiary/aromatic N) is 1. The van der Waals surface area contributed by atoms with Gasteiger partial charge >= 0.3 is 11.8 Å². The standard InChI is InChI=1S/C17H12Cl2N4O2/c18-11-5-6-13(19)15(7-11)22-16(24)17(25)23-21-9-10-8-20-14-4-2-1-3-12(10)14/h1-9,20H,(H,22,24)(H,23,25)/b21-9+. The molecule has 8 heteroatoms. The lowest BCUT2D eigenvalue weighted by atomic mass is 10.2. The van der Waals surface area contributed by atoms with E-state index >= 15 is 0 Å². The van der Waals surface area contributed by atoms with Crippen LogP contribution in [0.1, 0.15) is 5.56 Å². The number of hydrazone groups is 1. The highest BCUT2D eigenvalue weighted by molar-refractivity contribution is 6.42. The summed E-state index contributed by atoms with van der Waals surface area (Å²) in [6, 6.07) is 12.2. The van der Waals surface area contributed by atoms with Gasteiger partial charge in [-0.1, -0.05) is 41.4 Å².